The first kappa shape index (κ1) is 32.9. The van der Waals surface area contributed by atoms with Gasteiger partial charge in [-0.15, -0.1) is 11.8 Å². The van der Waals surface area contributed by atoms with Crippen LogP contribution >= 0.6 is 11.8 Å². The molecule has 6 aromatic carbocycles. The van der Waals surface area contributed by atoms with Crippen molar-refractivity contribution in [3.05, 3.63) is 149 Å². The number of rotatable bonds is 6. The molecule has 5 heteroatoms. The van der Waals surface area contributed by atoms with E-state index >= 15 is 0 Å². The van der Waals surface area contributed by atoms with Crippen LogP contribution in [0, 0.1) is 0 Å². The Labute approximate surface area is 311 Å². The second-order valence-corrected chi connectivity index (χ2v) is 15.7. The Morgan fingerprint density at radius 3 is 2.13 bits per heavy atom. The fourth-order valence-electron chi connectivity index (χ4n) is 8.71. The number of benzene rings is 6. The van der Waals surface area contributed by atoms with Crippen LogP contribution in [0.1, 0.15) is 41.7 Å². The van der Waals surface area contributed by atoms with Crippen LogP contribution in [0.2, 0.25) is 0 Å². The van der Waals surface area contributed by atoms with Crippen LogP contribution in [0.5, 0.6) is 5.75 Å². The third kappa shape index (κ3) is 5.08. The molecule has 0 spiro atoms. The van der Waals surface area contributed by atoms with Gasteiger partial charge in [0.1, 0.15) is 5.75 Å². The molecule has 3 aliphatic rings. The summed E-state index contributed by atoms with van der Waals surface area (Å²) in [6.45, 7) is 8.14. The molecule has 4 nitrogen and oxygen atoms in total. The van der Waals surface area contributed by atoms with E-state index in [1.54, 1.807) is 0 Å². The van der Waals surface area contributed by atoms with Gasteiger partial charge in [-0.1, -0.05) is 98.8 Å². The highest BCUT2D eigenvalue weighted by molar-refractivity contribution is 7.98. The van der Waals surface area contributed by atoms with Crippen LogP contribution in [-0.4, -0.2) is 46.7 Å². The number of thioether (sulfide) groups is 1. The summed E-state index contributed by atoms with van der Waals surface area (Å²) in [6.07, 6.45) is 6.85. The standard InChI is InChI=1S/C47H44N2O2S/c1-46(2)41-14-10-9-13-36(41)43-39-30-42(52-5)38(31-15-19-35(20-16-31)49-25-27-50-28-26-49)29-40(39)45-37(44(43)46)23-24-47(51-45,32-11-7-6-8-12-32)33-17-21-34(22-18-33)48(3)4/h6-24,29-30H,25-28H2,1-5H3. The van der Waals surface area contributed by atoms with Crippen LogP contribution in [0.15, 0.2) is 126 Å². The van der Waals surface area contributed by atoms with E-state index in [-0.39, 0.29) is 5.41 Å². The van der Waals surface area contributed by atoms with E-state index in [0.717, 1.165) is 54.3 Å². The summed E-state index contributed by atoms with van der Waals surface area (Å²) in [5.41, 5.74) is 12.5. The molecule has 2 aliphatic heterocycles. The van der Waals surface area contributed by atoms with E-state index in [1.165, 1.54) is 54.9 Å². The van der Waals surface area contributed by atoms with Gasteiger partial charge in [0.05, 0.1) is 13.2 Å². The average Bonchev–Trinajstić information content (AvgIpc) is 3.44. The van der Waals surface area contributed by atoms with Crippen LogP contribution in [0.3, 0.4) is 0 Å². The van der Waals surface area contributed by atoms with Crippen molar-refractivity contribution in [2.75, 3.05) is 56.5 Å². The second kappa shape index (κ2) is 12.6. The maximum Gasteiger partial charge on any atom is 0.178 e. The van der Waals surface area contributed by atoms with Gasteiger partial charge in [-0.05, 0) is 87.5 Å². The molecular weight excluding hydrogens is 657 g/mol. The number of ether oxygens (including phenoxy) is 2. The van der Waals surface area contributed by atoms with Gasteiger partial charge >= 0.3 is 0 Å². The predicted octanol–water partition coefficient (Wildman–Crippen LogP) is 10.8. The Balaban J connectivity index is 1.30. The molecule has 52 heavy (non-hydrogen) atoms. The summed E-state index contributed by atoms with van der Waals surface area (Å²) in [5.74, 6) is 0.941. The molecule has 2 heterocycles. The molecule has 0 amide bonds. The van der Waals surface area contributed by atoms with Crippen molar-refractivity contribution in [2.45, 2.75) is 29.8 Å². The largest absolute Gasteiger partial charge is 0.472 e. The molecule has 1 unspecified atom stereocenters. The van der Waals surface area contributed by atoms with Crippen molar-refractivity contribution < 1.29 is 9.47 Å². The SMILES string of the molecule is CSc1cc2c3c(c4c(c2cc1-c1ccc(N2CCOCC2)cc1)OC(c1ccccc1)(c1ccc(N(C)C)cc1)C=C4)C(C)(C)c1ccccc1-3. The Kier molecular flexibility index (Phi) is 7.98. The Morgan fingerprint density at radius 2 is 1.42 bits per heavy atom. The van der Waals surface area contributed by atoms with Crippen molar-refractivity contribution in [1.29, 1.82) is 0 Å². The first-order valence-electron chi connectivity index (χ1n) is 18.3. The fraction of sp³-hybridized carbons (Fsp3) is 0.234. The lowest BCUT2D eigenvalue weighted by Gasteiger charge is -2.38. The molecule has 1 fully saturated rings. The lowest BCUT2D eigenvalue weighted by atomic mass is 9.76. The zero-order valence-corrected chi connectivity index (χ0v) is 31.4. The topological polar surface area (TPSA) is 24.9 Å². The molecule has 260 valence electrons. The highest BCUT2D eigenvalue weighted by Crippen LogP contribution is 2.59. The quantitative estimate of drug-likeness (QED) is 0.161. The highest BCUT2D eigenvalue weighted by atomic mass is 32.2. The average molecular weight is 701 g/mol. The third-order valence-corrected chi connectivity index (χ3v) is 12.2. The van der Waals surface area contributed by atoms with Gasteiger partial charge in [-0.2, -0.15) is 0 Å². The smallest absolute Gasteiger partial charge is 0.178 e. The van der Waals surface area contributed by atoms with E-state index in [1.807, 2.05) is 11.8 Å². The highest BCUT2D eigenvalue weighted by Gasteiger charge is 2.44. The lowest BCUT2D eigenvalue weighted by molar-refractivity contribution is 0.122. The van der Waals surface area contributed by atoms with Crippen molar-refractivity contribution in [3.63, 3.8) is 0 Å². The maximum absolute atomic E-state index is 7.66. The molecule has 0 N–H and O–H groups in total. The van der Waals surface area contributed by atoms with Gasteiger partial charge in [-0.25, -0.2) is 0 Å². The summed E-state index contributed by atoms with van der Waals surface area (Å²) < 4.78 is 13.3. The van der Waals surface area contributed by atoms with Crippen LogP contribution in [0.25, 0.3) is 39.1 Å². The van der Waals surface area contributed by atoms with Gasteiger partial charge in [0.25, 0.3) is 0 Å². The zero-order valence-electron chi connectivity index (χ0n) is 30.6. The van der Waals surface area contributed by atoms with Crippen LogP contribution in [0.4, 0.5) is 11.4 Å². The molecule has 9 rings (SSSR count). The minimum absolute atomic E-state index is 0.203. The van der Waals surface area contributed by atoms with Crippen molar-refractivity contribution in [2.24, 2.45) is 0 Å². The van der Waals surface area contributed by atoms with Gasteiger partial charge in [0, 0.05) is 70.9 Å². The van der Waals surface area contributed by atoms with E-state index in [9.17, 15) is 0 Å². The molecule has 0 radical (unpaired) electrons. The van der Waals surface area contributed by atoms with Gasteiger partial charge in [-0.3, -0.25) is 0 Å². The zero-order chi connectivity index (χ0) is 35.6. The first-order chi connectivity index (χ1) is 25.3. The molecule has 0 bridgehead atoms. The van der Waals surface area contributed by atoms with E-state index < -0.39 is 5.60 Å². The Bertz CT molecular complexity index is 2340. The van der Waals surface area contributed by atoms with Crippen LogP contribution in [-0.2, 0) is 15.8 Å². The number of morpholine rings is 1. The maximum atomic E-state index is 7.66. The van der Waals surface area contributed by atoms with E-state index in [0.29, 0.717) is 0 Å². The molecule has 1 saturated heterocycles. The number of hydrogen-bond acceptors (Lipinski definition) is 5. The van der Waals surface area contributed by atoms with E-state index in [2.05, 4.69) is 171 Å². The first-order valence-corrected chi connectivity index (χ1v) is 19.5. The van der Waals surface area contributed by atoms with E-state index in [4.69, 9.17) is 9.47 Å². The summed E-state index contributed by atoms with van der Waals surface area (Å²) in [5, 5.41) is 2.38. The molecule has 1 atom stereocenters. The molecule has 0 saturated carbocycles. The minimum Gasteiger partial charge on any atom is -0.472 e. The van der Waals surface area contributed by atoms with Crippen LogP contribution < -0.4 is 14.5 Å². The van der Waals surface area contributed by atoms with Gasteiger partial charge in [0.15, 0.2) is 5.60 Å². The molecule has 0 aromatic heterocycles. The monoisotopic (exact) mass is 700 g/mol. The number of anilines is 2. The van der Waals surface area contributed by atoms with Crippen molar-refractivity contribution in [3.8, 4) is 28.0 Å². The molecular formula is C47H44N2O2S. The van der Waals surface area contributed by atoms with Crippen molar-refractivity contribution in [1.82, 2.24) is 0 Å². The molecule has 1 aliphatic carbocycles. The van der Waals surface area contributed by atoms with Gasteiger partial charge < -0.3 is 19.3 Å². The third-order valence-electron chi connectivity index (χ3n) is 11.4. The fourth-order valence-corrected chi connectivity index (χ4v) is 9.35. The summed E-state index contributed by atoms with van der Waals surface area (Å²) >= 11 is 1.81. The van der Waals surface area contributed by atoms with Gasteiger partial charge in [0.2, 0.25) is 0 Å². The predicted molar refractivity (Wildman–Crippen MR) is 219 cm³/mol. The normalized spacial score (nSPS) is 18.4. The lowest BCUT2D eigenvalue weighted by Crippen LogP contribution is -2.36. The minimum atomic E-state index is -0.811. The number of nitrogens with zero attached hydrogens (tertiary/aromatic N) is 2. The summed E-state index contributed by atoms with van der Waals surface area (Å²) in [6, 6.07) is 42.4. The van der Waals surface area contributed by atoms with Crippen molar-refractivity contribution >= 4 is 40.0 Å². The Hall–Kier alpha value is -4.97. The summed E-state index contributed by atoms with van der Waals surface area (Å²) in [7, 11) is 4.16. The number of fused-ring (bicyclic) bond motifs is 8. The molecule has 6 aromatic rings. The summed E-state index contributed by atoms with van der Waals surface area (Å²) in [4.78, 5) is 5.81. The Morgan fingerprint density at radius 1 is 0.731 bits per heavy atom. The second-order valence-electron chi connectivity index (χ2n) is 14.9. The number of hydrogen-bond donors (Lipinski definition) is 0.